The third kappa shape index (κ3) is 2.95. The molecule has 102 valence electrons. The SMILES string of the molecule is CCSc1c2ccccc2c(C)n1CCCC(=O)O. The van der Waals surface area contributed by atoms with E-state index in [1.54, 1.807) is 0 Å². The summed E-state index contributed by atoms with van der Waals surface area (Å²) in [6.07, 6.45) is 0.901. The third-order valence-corrected chi connectivity index (χ3v) is 4.25. The summed E-state index contributed by atoms with van der Waals surface area (Å²) in [7, 11) is 0. The van der Waals surface area contributed by atoms with Crippen molar-refractivity contribution in [1.82, 2.24) is 4.57 Å². The molecule has 3 nitrogen and oxygen atoms in total. The molecule has 1 aromatic carbocycles. The highest BCUT2D eigenvalue weighted by Crippen LogP contribution is 2.33. The number of hydrogen-bond donors (Lipinski definition) is 1. The molecular formula is C15H19NO2S. The molecule has 0 fully saturated rings. The number of hydrogen-bond acceptors (Lipinski definition) is 2. The lowest BCUT2D eigenvalue weighted by Crippen LogP contribution is -2.04. The largest absolute Gasteiger partial charge is 0.481 e. The zero-order chi connectivity index (χ0) is 13.8. The second-order valence-electron chi connectivity index (χ2n) is 4.52. The second-order valence-corrected chi connectivity index (χ2v) is 5.77. The van der Waals surface area contributed by atoms with Gasteiger partial charge in [-0.05, 0) is 19.1 Å². The molecule has 0 spiro atoms. The third-order valence-electron chi connectivity index (χ3n) is 3.25. The van der Waals surface area contributed by atoms with Crippen LogP contribution in [0.2, 0.25) is 0 Å². The van der Waals surface area contributed by atoms with Crippen LogP contribution in [0, 0.1) is 6.92 Å². The zero-order valence-corrected chi connectivity index (χ0v) is 12.2. The summed E-state index contributed by atoms with van der Waals surface area (Å²) in [5.74, 6) is 0.297. The highest BCUT2D eigenvalue weighted by molar-refractivity contribution is 7.99. The zero-order valence-electron chi connectivity index (χ0n) is 11.3. The van der Waals surface area contributed by atoms with Crippen molar-refractivity contribution < 1.29 is 9.90 Å². The van der Waals surface area contributed by atoms with E-state index in [1.165, 1.54) is 21.5 Å². The molecule has 1 heterocycles. The molecule has 0 unspecified atom stereocenters. The van der Waals surface area contributed by atoms with Gasteiger partial charge in [0, 0.05) is 29.4 Å². The van der Waals surface area contributed by atoms with Gasteiger partial charge in [-0.15, -0.1) is 11.8 Å². The van der Waals surface area contributed by atoms with E-state index in [1.807, 2.05) is 11.8 Å². The summed E-state index contributed by atoms with van der Waals surface area (Å²) in [6.45, 7) is 5.03. The molecule has 0 bridgehead atoms. The Morgan fingerprint density at radius 3 is 2.63 bits per heavy atom. The Morgan fingerprint density at radius 2 is 2.00 bits per heavy atom. The molecule has 0 aliphatic carbocycles. The van der Waals surface area contributed by atoms with E-state index in [4.69, 9.17) is 5.11 Å². The van der Waals surface area contributed by atoms with E-state index in [0.717, 1.165) is 12.3 Å². The van der Waals surface area contributed by atoms with Gasteiger partial charge in [0.15, 0.2) is 0 Å². The number of thioether (sulfide) groups is 1. The molecule has 1 aromatic heterocycles. The van der Waals surface area contributed by atoms with E-state index in [2.05, 4.69) is 42.7 Å². The number of fused-ring (bicyclic) bond motifs is 1. The van der Waals surface area contributed by atoms with Gasteiger partial charge < -0.3 is 9.67 Å². The number of aryl methyl sites for hydroxylation is 1. The number of carbonyl (C=O) groups is 1. The number of nitrogens with zero attached hydrogens (tertiary/aromatic N) is 1. The van der Waals surface area contributed by atoms with Crippen LogP contribution in [0.4, 0.5) is 0 Å². The van der Waals surface area contributed by atoms with Crippen LogP contribution in [0.15, 0.2) is 29.3 Å². The maximum absolute atomic E-state index is 10.6. The normalized spacial score (nSPS) is 11.1. The van der Waals surface area contributed by atoms with Crippen molar-refractivity contribution in [2.24, 2.45) is 0 Å². The fraction of sp³-hybridized carbons (Fsp3) is 0.400. The standard InChI is InChI=1S/C15H19NO2S/c1-3-19-15-13-8-5-4-7-12(13)11(2)16(15)10-6-9-14(17)18/h4-5,7-8H,3,6,9-10H2,1-2H3,(H,17,18). The molecule has 4 heteroatoms. The maximum atomic E-state index is 10.6. The van der Waals surface area contributed by atoms with Gasteiger partial charge in [-0.25, -0.2) is 0 Å². The monoisotopic (exact) mass is 277 g/mol. The number of carboxylic acid groups (broad SMARTS) is 1. The fourth-order valence-corrected chi connectivity index (χ4v) is 3.37. The smallest absolute Gasteiger partial charge is 0.303 e. The summed E-state index contributed by atoms with van der Waals surface area (Å²) in [5.41, 5.74) is 1.23. The lowest BCUT2D eigenvalue weighted by Gasteiger charge is -2.10. The van der Waals surface area contributed by atoms with Gasteiger partial charge >= 0.3 is 5.97 Å². The van der Waals surface area contributed by atoms with Crippen molar-refractivity contribution in [2.45, 2.75) is 38.3 Å². The van der Waals surface area contributed by atoms with Crippen LogP contribution in [-0.4, -0.2) is 21.4 Å². The van der Waals surface area contributed by atoms with Gasteiger partial charge in [-0.2, -0.15) is 0 Å². The van der Waals surface area contributed by atoms with Crippen molar-refractivity contribution in [3.05, 3.63) is 30.0 Å². The molecule has 0 aliphatic rings. The molecule has 0 aliphatic heterocycles. The van der Waals surface area contributed by atoms with Gasteiger partial charge in [-0.1, -0.05) is 31.2 Å². The molecule has 0 amide bonds. The highest BCUT2D eigenvalue weighted by Gasteiger charge is 2.13. The second kappa shape index (κ2) is 6.15. The lowest BCUT2D eigenvalue weighted by molar-refractivity contribution is -0.137. The Hall–Kier alpha value is -1.42. The molecular weight excluding hydrogens is 258 g/mol. The Morgan fingerprint density at radius 1 is 1.32 bits per heavy atom. The van der Waals surface area contributed by atoms with E-state index in [-0.39, 0.29) is 6.42 Å². The summed E-state index contributed by atoms with van der Waals surface area (Å²) < 4.78 is 2.27. The minimum atomic E-state index is -0.723. The van der Waals surface area contributed by atoms with Crippen molar-refractivity contribution in [1.29, 1.82) is 0 Å². The van der Waals surface area contributed by atoms with Crippen LogP contribution in [0.25, 0.3) is 10.8 Å². The molecule has 0 saturated heterocycles. The van der Waals surface area contributed by atoms with Crippen LogP contribution in [0.5, 0.6) is 0 Å². The van der Waals surface area contributed by atoms with Crippen molar-refractivity contribution >= 4 is 28.5 Å². The number of aliphatic carboxylic acids is 1. The minimum absolute atomic E-state index is 0.226. The van der Waals surface area contributed by atoms with Gasteiger partial charge in [0.05, 0.1) is 5.03 Å². The quantitative estimate of drug-likeness (QED) is 0.814. The first kappa shape index (κ1) is 14.0. The molecule has 2 rings (SSSR count). The van der Waals surface area contributed by atoms with Gasteiger partial charge in [0.2, 0.25) is 0 Å². The molecule has 2 aromatic rings. The van der Waals surface area contributed by atoms with Crippen molar-refractivity contribution in [3.8, 4) is 0 Å². The average molecular weight is 277 g/mol. The number of aromatic nitrogens is 1. The van der Waals surface area contributed by atoms with Crippen LogP contribution in [-0.2, 0) is 11.3 Å². The molecule has 1 N–H and O–H groups in total. The lowest BCUT2D eigenvalue weighted by atomic mass is 10.2. The Bertz CT molecular complexity index is 589. The first-order valence-electron chi connectivity index (χ1n) is 6.57. The molecule has 19 heavy (non-hydrogen) atoms. The average Bonchev–Trinajstić information content (AvgIpc) is 2.65. The number of benzene rings is 1. The summed E-state index contributed by atoms with van der Waals surface area (Å²) in [4.78, 5) is 10.6. The predicted octanol–water partition coefficient (Wildman–Crippen LogP) is 3.93. The van der Waals surface area contributed by atoms with Crippen LogP contribution >= 0.6 is 11.8 Å². The van der Waals surface area contributed by atoms with Crippen LogP contribution < -0.4 is 0 Å². The topological polar surface area (TPSA) is 42.2 Å². The number of rotatable bonds is 6. The number of carboxylic acids is 1. The van der Waals surface area contributed by atoms with E-state index >= 15 is 0 Å². The van der Waals surface area contributed by atoms with Crippen molar-refractivity contribution in [3.63, 3.8) is 0 Å². The Balaban J connectivity index is 2.37. The minimum Gasteiger partial charge on any atom is -0.481 e. The highest BCUT2D eigenvalue weighted by atomic mass is 32.2. The molecule has 0 saturated carbocycles. The van der Waals surface area contributed by atoms with E-state index in [0.29, 0.717) is 6.42 Å². The first-order chi connectivity index (χ1) is 9.15. The maximum Gasteiger partial charge on any atom is 0.303 e. The summed E-state index contributed by atoms with van der Waals surface area (Å²) in [6, 6.07) is 8.40. The van der Waals surface area contributed by atoms with Crippen molar-refractivity contribution in [2.75, 3.05) is 5.75 Å². The Labute approximate surface area is 117 Å². The van der Waals surface area contributed by atoms with Gasteiger partial charge in [0.1, 0.15) is 0 Å². The predicted molar refractivity (Wildman–Crippen MR) is 79.9 cm³/mol. The fourth-order valence-electron chi connectivity index (χ4n) is 2.38. The van der Waals surface area contributed by atoms with E-state index in [9.17, 15) is 4.79 Å². The van der Waals surface area contributed by atoms with Crippen LogP contribution in [0.1, 0.15) is 25.5 Å². The van der Waals surface area contributed by atoms with Gasteiger partial charge in [0.25, 0.3) is 0 Å². The Kier molecular flexibility index (Phi) is 4.53. The molecule has 0 atom stereocenters. The molecule has 0 radical (unpaired) electrons. The summed E-state index contributed by atoms with van der Waals surface area (Å²) >= 11 is 1.83. The van der Waals surface area contributed by atoms with Gasteiger partial charge in [-0.3, -0.25) is 4.79 Å². The first-order valence-corrected chi connectivity index (χ1v) is 7.56. The summed E-state index contributed by atoms with van der Waals surface area (Å²) in [5, 5.41) is 12.6. The van der Waals surface area contributed by atoms with Crippen LogP contribution in [0.3, 0.4) is 0 Å². The van der Waals surface area contributed by atoms with E-state index < -0.39 is 5.97 Å².